The van der Waals surface area contributed by atoms with E-state index in [2.05, 4.69) is 5.32 Å². The topological polar surface area (TPSA) is 66.5 Å². The second kappa shape index (κ2) is 8.57. The van der Waals surface area contributed by atoms with Crippen LogP contribution in [0.15, 0.2) is 88.7 Å². The van der Waals surface area contributed by atoms with E-state index in [-0.39, 0.29) is 22.1 Å². The van der Waals surface area contributed by atoms with E-state index in [0.29, 0.717) is 11.3 Å². The maximum Gasteiger partial charge on any atom is 0.273 e. The van der Waals surface area contributed by atoms with Gasteiger partial charge in [-0.3, -0.25) is 14.4 Å². The molecular formula is C24H17FN2O3S. The highest BCUT2D eigenvalue weighted by Gasteiger charge is 2.41. The first-order valence-electron chi connectivity index (χ1n) is 9.44. The third-order valence-electron chi connectivity index (χ3n) is 4.59. The van der Waals surface area contributed by atoms with Gasteiger partial charge in [0.15, 0.2) is 0 Å². The molecule has 154 valence electrons. The van der Waals surface area contributed by atoms with Crippen molar-refractivity contribution >= 4 is 46.4 Å². The molecular weight excluding hydrogens is 415 g/mol. The van der Waals surface area contributed by atoms with E-state index in [1.807, 2.05) is 30.3 Å². The lowest BCUT2D eigenvalue weighted by Crippen LogP contribution is -2.32. The quantitative estimate of drug-likeness (QED) is 0.585. The summed E-state index contributed by atoms with van der Waals surface area (Å²) in [6.45, 7) is 1.40. The van der Waals surface area contributed by atoms with Crippen LogP contribution in [-0.2, 0) is 14.4 Å². The summed E-state index contributed by atoms with van der Waals surface area (Å²) < 4.78 is 14.4. The summed E-state index contributed by atoms with van der Waals surface area (Å²) in [4.78, 5) is 39.7. The second-order valence-corrected chi connectivity index (χ2v) is 7.86. The van der Waals surface area contributed by atoms with Gasteiger partial charge in [-0.05, 0) is 42.0 Å². The lowest BCUT2D eigenvalue weighted by atomic mass is 10.1. The van der Waals surface area contributed by atoms with E-state index in [1.54, 1.807) is 30.3 Å². The van der Waals surface area contributed by atoms with Crippen molar-refractivity contribution in [2.24, 2.45) is 0 Å². The van der Waals surface area contributed by atoms with Gasteiger partial charge in [-0.15, -0.1) is 0 Å². The van der Waals surface area contributed by atoms with Gasteiger partial charge in [0.05, 0.1) is 16.2 Å². The van der Waals surface area contributed by atoms with Gasteiger partial charge in [0, 0.05) is 17.5 Å². The number of nitrogens with zero attached hydrogens (tertiary/aromatic N) is 1. The van der Waals surface area contributed by atoms with Gasteiger partial charge < -0.3 is 5.32 Å². The average molecular weight is 432 g/mol. The van der Waals surface area contributed by atoms with Crippen molar-refractivity contribution < 1.29 is 18.8 Å². The maximum absolute atomic E-state index is 14.4. The molecule has 0 bridgehead atoms. The van der Waals surface area contributed by atoms with Crippen LogP contribution in [0, 0.1) is 5.82 Å². The molecule has 1 N–H and O–H groups in total. The van der Waals surface area contributed by atoms with E-state index >= 15 is 0 Å². The van der Waals surface area contributed by atoms with Crippen LogP contribution in [0.2, 0.25) is 0 Å². The molecule has 1 aliphatic heterocycles. The number of anilines is 2. The number of amides is 3. The summed E-state index contributed by atoms with van der Waals surface area (Å²) in [6.07, 6.45) is 0. The molecule has 0 saturated heterocycles. The summed E-state index contributed by atoms with van der Waals surface area (Å²) in [5.41, 5.74) is 1.17. The van der Waals surface area contributed by atoms with E-state index in [0.717, 1.165) is 21.6 Å². The Morgan fingerprint density at radius 1 is 0.871 bits per heavy atom. The van der Waals surface area contributed by atoms with Crippen molar-refractivity contribution in [3.63, 3.8) is 0 Å². The minimum atomic E-state index is -0.657. The Morgan fingerprint density at radius 2 is 1.52 bits per heavy atom. The van der Waals surface area contributed by atoms with Gasteiger partial charge >= 0.3 is 0 Å². The molecule has 1 heterocycles. The standard InChI is InChI=1S/C24H17FN2O3S/c1-15(28)26-17-13-11-16(12-14-17)21-22(31-18-7-3-2-4-8-18)24(30)27(23(21)29)20-10-6-5-9-19(20)25/h2-14H,1H3,(H,26,28). The van der Waals surface area contributed by atoms with Gasteiger partial charge in [0.1, 0.15) is 5.82 Å². The maximum atomic E-state index is 14.4. The highest BCUT2D eigenvalue weighted by molar-refractivity contribution is 8.04. The molecule has 0 aromatic heterocycles. The third kappa shape index (κ3) is 4.13. The van der Waals surface area contributed by atoms with Gasteiger partial charge in [0.2, 0.25) is 5.91 Å². The van der Waals surface area contributed by atoms with Crippen molar-refractivity contribution in [2.45, 2.75) is 11.8 Å². The fourth-order valence-electron chi connectivity index (χ4n) is 3.24. The zero-order valence-electron chi connectivity index (χ0n) is 16.5. The molecule has 3 aromatic rings. The zero-order chi connectivity index (χ0) is 22.0. The van der Waals surface area contributed by atoms with Crippen LogP contribution in [-0.4, -0.2) is 17.7 Å². The number of halogens is 1. The lowest BCUT2D eigenvalue weighted by Gasteiger charge is -2.15. The van der Waals surface area contributed by atoms with Crippen LogP contribution in [0.5, 0.6) is 0 Å². The molecule has 4 rings (SSSR count). The van der Waals surface area contributed by atoms with Crippen molar-refractivity contribution in [3.8, 4) is 0 Å². The molecule has 31 heavy (non-hydrogen) atoms. The Balaban J connectivity index is 1.80. The second-order valence-electron chi connectivity index (χ2n) is 6.77. The smallest absolute Gasteiger partial charge is 0.273 e. The van der Waals surface area contributed by atoms with Crippen LogP contribution < -0.4 is 10.2 Å². The molecule has 1 aliphatic rings. The minimum Gasteiger partial charge on any atom is -0.326 e. The third-order valence-corrected chi connectivity index (χ3v) is 5.68. The number of hydrogen-bond acceptors (Lipinski definition) is 4. The zero-order valence-corrected chi connectivity index (χ0v) is 17.3. The molecule has 0 saturated carbocycles. The van der Waals surface area contributed by atoms with Crippen LogP contribution in [0.3, 0.4) is 0 Å². The Morgan fingerprint density at radius 3 is 2.16 bits per heavy atom. The number of carbonyl (C=O) groups excluding carboxylic acids is 3. The molecule has 0 fully saturated rings. The summed E-state index contributed by atoms with van der Waals surface area (Å²) in [5.74, 6) is -2.05. The van der Waals surface area contributed by atoms with Crippen LogP contribution in [0.4, 0.5) is 15.8 Å². The predicted molar refractivity (Wildman–Crippen MR) is 119 cm³/mol. The van der Waals surface area contributed by atoms with Crippen molar-refractivity contribution in [2.75, 3.05) is 10.2 Å². The first-order chi connectivity index (χ1) is 15.0. The number of imide groups is 1. The van der Waals surface area contributed by atoms with Crippen LogP contribution in [0.1, 0.15) is 12.5 Å². The molecule has 0 unspecified atom stereocenters. The average Bonchev–Trinajstić information content (AvgIpc) is 2.99. The lowest BCUT2D eigenvalue weighted by molar-refractivity contribution is -0.120. The fraction of sp³-hybridized carbons (Fsp3) is 0.0417. The minimum absolute atomic E-state index is 0.0893. The predicted octanol–water partition coefficient (Wildman–Crippen LogP) is 4.86. The summed E-state index contributed by atoms with van der Waals surface area (Å²) in [7, 11) is 0. The normalized spacial score (nSPS) is 13.7. The Hall–Kier alpha value is -3.71. The number of hydrogen-bond donors (Lipinski definition) is 1. The summed E-state index contributed by atoms with van der Waals surface area (Å²) in [5, 5.41) is 2.66. The Bertz CT molecular complexity index is 1210. The van der Waals surface area contributed by atoms with E-state index in [9.17, 15) is 18.8 Å². The molecule has 5 nitrogen and oxygen atoms in total. The van der Waals surface area contributed by atoms with Gasteiger partial charge in [0.25, 0.3) is 11.8 Å². The first kappa shape index (κ1) is 20.6. The molecule has 0 radical (unpaired) electrons. The summed E-state index contributed by atoms with van der Waals surface area (Å²) >= 11 is 1.16. The van der Waals surface area contributed by atoms with Gasteiger partial charge in [-0.2, -0.15) is 0 Å². The number of thioether (sulfide) groups is 1. The van der Waals surface area contributed by atoms with E-state index in [4.69, 9.17) is 0 Å². The molecule has 7 heteroatoms. The molecule has 3 amide bonds. The molecule has 3 aromatic carbocycles. The SMILES string of the molecule is CC(=O)Nc1ccc(C2=C(Sc3ccccc3)C(=O)N(c3ccccc3F)C2=O)cc1. The van der Waals surface area contributed by atoms with E-state index in [1.165, 1.54) is 25.1 Å². The summed E-state index contributed by atoms with van der Waals surface area (Å²) in [6, 6.07) is 21.5. The monoisotopic (exact) mass is 432 g/mol. The number of benzene rings is 3. The van der Waals surface area contributed by atoms with Crippen LogP contribution in [0.25, 0.3) is 5.57 Å². The number of para-hydroxylation sites is 1. The molecule has 0 spiro atoms. The first-order valence-corrected chi connectivity index (χ1v) is 10.3. The number of nitrogens with one attached hydrogen (secondary N) is 1. The largest absolute Gasteiger partial charge is 0.326 e. The Kier molecular flexibility index (Phi) is 5.68. The number of rotatable bonds is 5. The van der Waals surface area contributed by atoms with Crippen LogP contribution >= 0.6 is 11.8 Å². The van der Waals surface area contributed by atoms with Gasteiger partial charge in [-0.1, -0.05) is 54.2 Å². The van der Waals surface area contributed by atoms with Crippen molar-refractivity contribution in [1.29, 1.82) is 0 Å². The fourth-order valence-corrected chi connectivity index (χ4v) is 4.26. The number of carbonyl (C=O) groups is 3. The highest BCUT2D eigenvalue weighted by atomic mass is 32.2. The van der Waals surface area contributed by atoms with Crippen molar-refractivity contribution in [3.05, 3.63) is 95.1 Å². The molecule has 0 atom stereocenters. The Labute approximate surface area is 182 Å². The highest BCUT2D eigenvalue weighted by Crippen LogP contribution is 2.42. The molecule has 0 aliphatic carbocycles. The van der Waals surface area contributed by atoms with E-state index < -0.39 is 17.6 Å². The van der Waals surface area contributed by atoms with Crippen molar-refractivity contribution in [1.82, 2.24) is 0 Å². The van der Waals surface area contributed by atoms with Gasteiger partial charge in [-0.25, -0.2) is 9.29 Å².